The van der Waals surface area contributed by atoms with Crippen LogP contribution in [0.15, 0.2) is 0 Å². The summed E-state index contributed by atoms with van der Waals surface area (Å²) < 4.78 is 11.1. The number of carbonyl (C=O) groups is 2. The smallest absolute Gasteiger partial charge is 0.410 e. The highest BCUT2D eigenvalue weighted by Crippen LogP contribution is 2.40. The van der Waals surface area contributed by atoms with Crippen molar-refractivity contribution in [2.75, 3.05) is 39.4 Å². The van der Waals surface area contributed by atoms with Crippen molar-refractivity contribution in [1.82, 2.24) is 20.2 Å². The van der Waals surface area contributed by atoms with Crippen molar-refractivity contribution in [3.05, 3.63) is 0 Å². The van der Waals surface area contributed by atoms with Gasteiger partial charge in [-0.1, -0.05) is 0 Å². The van der Waals surface area contributed by atoms with Gasteiger partial charge in [0.25, 0.3) is 0 Å². The van der Waals surface area contributed by atoms with Gasteiger partial charge in [-0.05, 0) is 70.6 Å². The van der Waals surface area contributed by atoms with Crippen LogP contribution in [0.1, 0.15) is 59.8 Å². The normalized spacial score (nSPS) is 34.6. The van der Waals surface area contributed by atoms with Crippen molar-refractivity contribution in [1.29, 1.82) is 0 Å². The average Bonchev–Trinajstić information content (AvgIpc) is 3.21. The molecule has 1 aliphatic carbocycles. The first-order chi connectivity index (χ1) is 15.3. The molecule has 0 radical (unpaired) electrons. The number of carbonyl (C=O) groups excluding carboxylic acids is 2. The monoisotopic (exact) mass is 450 g/mol. The highest BCUT2D eigenvalue weighted by atomic mass is 16.6. The van der Waals surface area contributed by atoms with Crippen LogP contribution >= 0.6 is 0 Å². The summed E-state index contributed by atoms with van der Waals surface area (Å²) in [6, 6.07) is 0.165. The largest absolute Gasteiger partial charge is 0.447 e. The lowest BCUT2D eigenvalue weighted by molar-refractivity contribution is -0.142. The number of nitrogens with zero attached hydrogens (tertiary/aromatic N) is 3. The summed E-state index contributed by atoms with van der Waals surface area (Å²) in [6.07, 6.45) is 4.97. The molecule has 0 spiro atoms. The molecule has 5 atom stereocenters. The SMILES string of the molecule is CC(=O)N1C2CCC(C3CNN(CC4CCOCC4)C3)CC2N(C(=O)OC(C)C)C[C@@H]1C. The molecule has 0 aromatic heterocycles. The number of hydrogen-bond acceptors (Lipinski definition) is 6. The first kappa shape index (κ1) is 23.8. The summed E-state index contributed by atoms with van der Waals surface area (Å²) >= 11 is 0. The minimum Gasteiger partial charge on any atom is -0.447 e. The molecule has 8 heteroatoms. The van der Waals surface area contributed by atoms with Gasteiger partial charge in [0, 0.05) is 52.4 Å². The van der Waals surface area contributed by atoms with E-state index in [2.05, 4.69) is 17.4 Å². The van der Waals surface area contributed by atoms with Gasteiger partial charge in [-0.3, -0.25) is 10.2 Å². The predicted molar refractivity (Wildman–Crippen MR) is 122 cm³/mol. The van der Waals surface area contributed by atoms with Crippen molar-refractivity contribution in [2.24, 2.45) is 17.8 Å². The third kappa shape index (κ3) is 5.23. The Hall–Kier alpha value is -1.38. The van der Waals surface area contributed by atoms with E-state index < -0.39 is 0 Å². The van der Waals surface area contributed by atoms with Crippen LogP contribution in [0.4, 0.5) is 4.79 Å². The Labute approximate surface area is 192 Å². The fourth-order valence-corrected chi connectivity index (χ4v) is 6.46. The van der Waals surface area contributed by atoms with Gasteiger partial charge < -0.3 is 19.3 Å². The van der Waals surface area contributed by atoms with Crippen LogP contribution in [-0.2, 0) is 14.3 Å². The zero-order valence-electron chi connectivity index (χ0n) is 20.3. The molecule has 4 aliphatic rings. The van der Waals surface area contributed by atoms with Crippen molar-refractivity contribution < 1.29 is 19.1 Å². The van der Waals surface area contributed by atoms with Gasteiger partial charge in [-0.2, -0.15) is 0 Å². The van der Waals surface area contributed by atoms with Crippen LogP contribution in [0, 0.1) is 17.8 Å². The third-order valence-corrected chi connectivity index (χ3v) is 7.97. The lowest BCUT2D eigenvalue weighted by atomic mass is 9.73. The molecule has 3 saturated heterocycles. The molecule has 0 aromatic rings. The van der Waals surface area contributed by atoms with E-state index in [-0.39, 0.29) is 36.2 Å². The fourth-order valence-electron chi connectivity index (χ4n) is 6.46. The van der Waals surface area contributed by atoms with E-state index in [1.807, 2.05) is 23.6 Å². The summed E-state index contributed by atoms with van der Waals surface area (Å²) in [5, 5.41) is 2.42. The zero-order chi connectivity index (χ0) is 22.8. The maximum absolute atomic E-state index is 13.0. The van der Waals surface area contributed by atoms with Gasteiger partial charge in [-0.15, -0.1) is 0 Å². The average molecular weight is 451 g/mol. The van der Waals surface area contributed by atoms with Gasteiger partial charge in [0.15, 0.2) is 0 Å². The zero-order valence-corrected chi connectivity index (χ0v) is 20.3. The highest BCUT2D eigenvalue weighted by Gasteiger charge is 2.48. The molecule has 2 amide bonds. The lowest BCUT2D eigenvalue weighted by Crippen LogP contribution is -2.67. The number of rotatable bonds is 4. The molecule has 4 unspecified atom stereocenters. The van der Waals surface area contributed by atoms with Crippen LogP contribution in [-0.4, -0.2) is 90.4 Å². The van der Waals surface area contributed by atoms with E-state index in [0.717, 1.165) is 70.9 Å². The standard InChI is InChI=1S/C24H42N4O4/c1-16(2)32-24(30)27-13-17(3)28(18(4)29)22-6-5-20(11-23(22)27)21-12-25-26(15-21)14-19-7-9-31-10-8-19/h16-17,19-23,25H,5-15H2,1-4H3/t17-,20?,21?,22?,23?/m0/s1. The first-order valence-electron chi connectivity index (χ1n) is 12.7. The number of nitrogens with one attached hydrogen (secondary N) is 1. The second kappa shape index (κ2) is 10.3. The second-order valence-corrected chi connectivity index (χ2v) is 10.7. The number of hydrogen-bond donors (Lipinski definition) is 1. The Balaban J connectivity index is 1.41. The molecule has 32 heavy (non-hydrogen) atoms. The van der Waals surface area contributed by atoms with Crippen molar-refractivity contribution in [2.45, 2.75) is 84.0 Å². The molecule has 4 rings (SSSR count). The van der Waals surface area contributed by atoms with Crippen LogP contribution < -0.4 is 5.43 Å². The molecule has 3 heterocycles. The van der Waals surface area contributed by atoms with E-state index in [0.29, 0.717) is 18.4 Å². The summed E-state index contributed by atoms with van der Waals surface area (Å²) in [7, 11) is 0. The summed E-state index contributed by atoms with van der Waals surface area (Å²) in [6.45, 7) is 13.0. The van der Waals surface area contributed by atoms with E-state index in [1.165, 1.54) is 0 Å². The number of hydrazine groups is 1. The van der Waals surface area contributed by atoms with Crippen LogP contribution in [0.25, 0.3) is 0 Å². The second-order valence-electron chi connectivity index (χ2n) is 10.7. The van der Waals surface area contributed by atoms with Gasteiger partial charge in [-0.25, -0.2) is 9.80 Å². The van der Waals surface area contributed by atoms with Crippen LogP contribution in [0.2, 0.25) is 0 Å². The Bertz CT molecular complexity index is 668. The van der Waals surface area contributed by atoms with E-state index >= 15 is 0 Å². The molecular weight excluding hydrogens is 408 g/mol. The Morgan fingerprint density at radius 1 is 1.06 bits per heavy atom. The molecule has 1 saturated carbocycles. The molecule has 8 nitrogen and oxygen atoms in total. The van der Waals surface area contributed by atoms with Crippen LogP contribution in [0.5, 0.6) is 0 Å². The maximum Gasteiger partial charge on any atom is 0.410 e. The van der Waals surface area contributed by atoms with E-state index in [4.69, 9.17) is 9.47 Å². The maximum atomic E-state index is 13.0. The molecule has 3 aliphatic heterocycles. The number of fused-ring (bicyclic) bond motifs is 1. The number of piperazine rings is 1. The summed E-state index contributed by atoms with van der Waals surface area (Å²) in [4.78, 5) is 29.4. The molecule has 0 aromatic carbocycles. The van der Waals surface area contributed by atoms with Gasteiger partial charge in [0.2, 0.25) is 5.91 Å². The quantitative estimate of drug-likeness (QED) is 0.709. The van der Waals surface area contributed by atoms with Crippen molar-refractivity contribution >= 4 is 12.0 Å². The molecule has 1 N–H and O–H groups in total. The van der Waals surface area contributed by atoms with Gasteiger partial charge >= 0.3 is 6.09 Å². The highest BCUT2D eigenvalue weighted by molar-refractivity contribution is 5.75. The first-order valence-corrected chi connectivity index (χ1v) is 12.7. The fraction of sp³-hybridized carbons (Fsp3) is 0.917. The van der Waals surface area contributed by atoms with Crippen molar-refractivity contribution in [3.63, 3.8) is 0 Å². The van der Waals surface area contributed by atoms with Crippen molar-refractivity contribution in [3.8, 4) is 0 Å². The number of amides is 2. The minimum absolute atomic E-state index is 0.0214. The summed E-state index contributed by atoms with van der Waals surface area (Å²) in [5.74, 6) is 1.98. The predicted octanol–water partition coefficient (Wildman–Crippen LogP) is 2.48. The summed E-state index contributed by atoms with van der Waals surface area (Å²) in [5.41, 5.74) is 3.64. The van der Waals surface area contributed by atoms with Gasteiger partial charge in [0.1, 0.15) is 0 Å². The third-order valence-electron chi connectivity index (χ3n) is 7.97. The Kier molecular flexibility index (Phi) is 7.62. The van der Waals surface area contributed by atoms with Crippen LogP contribution in [0.3, 0.4) is 0 Å². The Morgan fingerprint density at radius 2 is 1.81 bits per heavy atom. The number of ether oxygens (including phenoxy) is 2. The molecular formula is C24H42N4O4. The van der Waals surface area contributed by atoms with Gasteiger partial charge in [0.05, 0.1) is 18.2 Å². The van der Waals surface area contributed by atoms with E-state index in [1.54, 1.807) is 6.92 Å². The Morgan fingerprint density at radius 3 is 2.50 bits per heavy atom. The lowest BCUT2D eigenvalue weighted by Gasteiger charge is -2.54. The molecule has 4 fully saturated rings. The topological polar surface area (TPSA) is 74.4 Å². The molecule has 182 valence electrons. The minimum atomic E-state index is -0.226. The van der Waals surface area contributed by atoms with E-state index in [9.17, 15) is 9.59 Å². The molecule has 0 bridgehead atoms.